The Morgan fingerprint density at radius 2 is 0.633 bits per heavy atom. The SMILES string of the molecule is CC(C)c1cccc(C(C)C)c1N(C)C.CC(C)c1cccc(C(C)C)c1N(C)C. The first-order valence-electron chi connectivity index (χ1n) is 11.5. The van der Waals surface area contributed by atoms with Crippen molar-refractivity contribution in [1.29, 1.82) is 0 Å². The van der Waals surface area contributed by atoms with Crippen molar-refractivity contribution in [3.63, 3.8) is 0 Å². The van der Waals surface area contributed by atoms with Crippen LogP contribution in [-0.4, -0.2) is 28.2 Å². The molecule has 0 heterocycles. The van der Waals surface area contributed by atoms with E-state index in [1.165, 1.54) is 33.6 Å². The third-order valence-electron chi connectivity index (χ3n) is 5.58. The summed E-state index contributed by atoms with van der Waals surface area (Å²) >= 11 is 0. The van der Waals surface area contributed by atoms with Crippen molar-refractivity contribution in [2.24, 2.45) is 0 Å². The van der Waals surface area contributed by atoms with E-state index in [2.05, 4.69) is 130 Å². The van der Waals surface area contributed by atoms with Crippen LogP contribution in [0.3, 0.4) is 0 Å². The molecule has 2 rings (SSSR count). The summed E-state index contributed by atoms with van der Waals surface area (Å²) in [6.07, 6.45) is 0. The van der Waals surface area contributed by atoms with Crippen LogP contribution in [-0.2, 0) is 0 Å². The summed E-state index contributed by atoms with van der Waals surface area (Å²) in [6.45, 7) is 18.1. The summed E-state index contributed by atoms with van der Waals surface area (Å²) in [6, 6.07) is 13.3. The fourth-order valence-electron chi connectivity index (χ4n) is 4.06. The Bertz CT molecular complexity index is 663. The van der Waals surface area contributed by atoms with Gasteiger partial charge in [0.2, 0.25) is 0 Å². The first-order valence-corrected chi connectivity index (χ1v) is 11.5. The van der Waals surface area contributed by atoms with E-state index < -0.39 is 0 Å². The number of nitrogens with zero attached hydrogens (tertiary/aromatic N) is 2. The second-order valence-electron chi connectivity index (χ2n) is 9.98. The van der Waals surface area contributed by atoms with Crippen molar-refractivity contribution >= 4 is 11.4 Å². The molecule has 0 saturated heterocycles. The molecule has 30 heavy (non-hydrogen) atoms. The Balaban J connectivity index is 0.000000300. The van der Waals surface area contributed by atoms with E-state index in [9.17, 15) is 0 Å². The summed E-state index contributed by atoms with van der Waals surface area (Å²) < 4.78 is 0. The lowest BCUT2D eigenvalue weighted by atomic mass is 9.92. The number of benzene rings is 2. The quantitative estimate of drug-likeness (QED) is 0.476. The molecule has 2 aromatic rings. The molecule has 0 atom stereocenters. The highest BCUT2D eigenvalue weighted by Gasteiger charge is 2.15. The van der Waals surface area contributed by atoms with E-state index in [-0.39, 0.29) is 0 Å². The summed E-state index contributed by atoms with van der Waals surface area (Å²) in [7, 11) is 8.53. The van der Waals surface area contributed by atoms with Crippen LogP contribution in [0.1, 0.15) is 101 Å². The first kappa shape index (κ1) is 26.1. The third kappa shape index (κ3) is 6.52. The molecule has 2 aromatic carbocycles. The van der Waals surface area contributed by atoms with Gasteiger partial charge in [0, 0.05) is 39.6 Å². The Labute approximate surface area is 187 Å². The van der Waals surface area contributed by atoms with Crippen molar-refractivity contribution in [3.05, 3.63) is 58.7 Å². The minimum Gasteiger partial charge on any atom is -0.377 e. The first-order chi connectivity index (χ1) is 13.9. The number of anilines is 2. The maximum absolute atomic E-state index is 2.26. The molecule has 0 fully saturated rings. The highest BCUT2D eigenvalue weighted by molar-refractivity contribution is 5.62. The Morgan fingerprint density at radius 3 is 0.767 bits per heavy atom. The molecule has 0 aromatic heterocycles. The van der Waals surface area contributed by atoms with Crippen molar-refractivity contribution in [2.45, 2.75) is 79.1 Å². The zero-order chi connectivity index (χ0) is 23.2. The second-order valence-corrected chi connectivity index (χ2v) is 9.98. The van der Waals surface area contributed by atoms with Crippen LogP contribution in [0.4, 0.5) is 11.4 Å². The standard InChI is InChI=1S/2C14H23N/c2*1-10(2)12-8-7-9-13(11(3)4)14(12)15(5)6/h2*7-11H,1-6H3. The third-order valence-corrected chi connectivity index (χ3v) is 5.58. The van der Waals surface area contributed by atoms with Crippen LogP contribution in [0.2, 0.25) is 0 Å². The predicted molar refractivity (Wildman–Crippen MR) is 138 cm³/mol. The van der Waals surface area contributed by atoms with Crippen LogP contribution in [0.25, 0.3) is 0 Å². The lowest BCUT2D eigenvalue weighted by Crippen LogP contribution is -2.15. The van der Waals surface area contributed by atoms with E-state index in [1.807, 2.05) is 0 Å². The molecule has 0 bridgehead atoms. The van der Waals surface area contributed by atoms with Gasteiger partial charge in [-0.25, -0.2) is 0 Å². The molecule has 2 heteroatoms. The number of hydrogen-bond donors (Lipinski definition) is 0. The summed E-state index contributed by atoms with van der Waals surface area (Å²) in [5.41, 5.74) is 8.61. The molecule has 0 amide bonds. The van der Waals surface area contributed by atoms with Crippen molar-refractivity contribution < 1.29 is 0 Å². The molecule has 0 N–H and O–H groups in total. The molecule has 0 aliphatic carbocycles. The zero-order valence-corrected chi connectivity index (χ0v) is 21.7. The maximum atomic E-state index is 2.26. The summed E-state index contributed by atoms with van der Waals surface area (Å²) in [5, 5.41) is 0. The second kappa shape index (κ2) is 11.4. The van der Waals surface area contributed by atoms with E-state index in [1.54, 1.807) is 0 Å². The van der Waals surface area contributed by atoms with Gasteiger partial charge in [-0.05, 0) is 45.9 Å². The maximum Gasteiger partial charge on any atom is 0.0431 e. The van der Waals surface area contributed by atoms with Gasteiger partial charge in [0.15, 0.2) is 0 Å². The molecule has 0 radical (unpaired) electrons. The highest BCUT2D eigenvalue weighted by Crippen LogP contribution is 2.35. The number of hydrogen-bond acceptors (Lipinski definition) is 2. The van der Waals surface area contributed by atoms with Gasteiger partial charge in [0.1, 0.15) is 0 Å². The van der Waals surface area contributed by atoms with E-state index in [0.29, 0.717) is 23.7 Å². The molecule has 0 aliphatic heterocycles. The summed E-state index contributed by atoms with van der Waals surface area (Å²) in [5.74, 6) is 2.34. The topological polar surface area (TPSA) is 6.48 Å². The molecule has 0 saturated carbocycles. The van der Waals surface area contributed by atoms with Crippen molar-refractivity contribution in [1.82, 2.24) is 0 Å². The number of rotatable bonds is 6. The number of para-hydroxylation sites is 2. The van der Waals surface area contributed by atoms with Crippen LogP contribution >= 0.6 is 0 Å². The lowest BCUT2D eigenvalue weighted by Gasteiger charge is -2.25. The van der Waals surface area contributed by atoms with Crippen molar-refractivity contribution in [2.75, 3.05) is 38.0 Å². The molecule has 0 spiro atoms. The molecule has 0 aliphatic rings. The fourth-order valence-corrected chi connectivity index (χ4v) is 4.06. The Hall–Kier alpha value is -1.96. The fraction of sp³-hybridized carbons (Fsp3) is 0.571. The predicted octanol–water partition coefficient (Wildman–Crippen LogP) is 8.00. The molecular weight excluding hydrogens is 364 g/mol. The van der Waals surface area contributed by atoms with E-state index in [4.69, 9.17) is 0 Å². The van der Waals surface area contributed by atoms with Gasteiger partial charge in [-0.15, -0.1) is 0 Å². The molecule has 168 valence electrons. The lowest BCUT2D eigenvalue weighted by molar-refractivity contribution is 0.822. The van der Waals surface area contributed by atoms with Crippen LogP contribution in [0.5, 0.6) is 0 Å². The van der Waals surface area contributed by atoms with E-state index >= 15 is 0 Å². The van der Waals surface area contributed by atoms with Gasteiger partial charge >= 0.3 is 0 Å². The van der Waals surface area contributed by atoms with Gasteiger partial charge in [0.25, 0.3) is 0 Å². The van der Waals surface area contributed by atoms with Gasteiger partial charge < -0.3 is 9.80 Å². The van der Waals surface area contributed by atoms with Crippen molar-refractivity contribution in [3.8, 4) is 0 Å². The molecule has 0 unspecified atom stereocenters. The average molecular weight is 411 g/mol. The Kier molecular flexibility index (Phi) is 9.94. The summed E-state index contributed by atoms with van der Waals surface area (Å²) in [4.78, 5) is 4.48. The van der Waals surface area contributed by atoms with E-state index in [0.717, 1.165) is 0 Å². The van der Waals surface area contributed by atoms with Gasteiger partial charge in [-0.2, -0.15) is 0 Å². The van der Waals surface area contributed by atoms with Gasteiger partial charge in [0.05, 0.1) is 0 Å². The van der Waals surface area contributed by atoms with Crippen LogP contribution in [0, 0.1) is 0 Å². The van der Waals surface area contributed by atoms with Gasteiger partial charge in [-0.1, -0.05) is 91.8 Å². The highest BCUT2D eigenvalue weighted by atomic mass is 15.1. The molecular formula is C28H46N2. The monoisotopic (exact) mass is 410 g/mol. The smallest absolute Gasteiger partial charge is 0.0431 e. The van der Waals surface area contributed by atoms with Crippen LogP contribution in [0.15, 0.2) is 36.4 Å². The minimum absolute atomic E-state index is 0.584. The normalized spacial score (nSPS) is 11.2. The minimum atomic E-state index is 0.584. The average Bonchev–Trinajstić information content (AvgIpc) is 2.66. The van der Waals surface area contributed by atoms with Crippen LogP contribution < -0.4 is 9.80 Å². The largest absolute Gasteiger partial charge is 0.377 e. The van der Waals surface area contributed by atoms with Gasteiger partial charge in [-0.3, -0.25) is 0 Å². The zero-order valence-electron chi connectivity index (χ0n) is 21.7. The Morgan fingerprint density at radius 1 is 0.433 bits per heavy atom. The molecule has 2 nitrogen and oxygen atoms in total.